The number of carboxylic acid groups (broad SMARTS) is 1. The normalized spacial score (nSPS) is 13.4. The maximum Gasteiger partial charge on any atom is 0.336 e. The summed E-state index contributed by atoms with van der Waals surface area (Å²) >= 11 is 6.65. The van der Waals surface area contributed by atoms with Crippen LogP contribution >= 0.6 is 11.6 Å². The summed E-state index contributed by atoms with van der Waals surface area (Å²) in [5.74, 6) is 0.297. The highest BCUT2D eigenvalue weighted by Gasteiger charge is 2.26. The number of aliphatic hydroxyl groups excluding tert-OH is 2. The molecule has 0 bridgehead atoms. The highest BCUT2D eigenvalue weighted by Crippen LogP contribution is 2.35. The van der Waals surface area contributed by atoms with E-state index in [4.69, 9.17) is 16.3 Å². The first kappa shape index (κ1) is 33.1. The number of aromatic carboxylic acids is 1. The first-order valence-corrected chi connectivity index (χ1v) is 15.4. The molecule has 0 amide bonds. The van der Waals surface area contributed by atoms with Gasteiger partial charge in [0, 0.05) is 31.7 Å². The lowest BCUT2D eigenvalue weighted by molar-refractivity contribution is 0.0695. The van der Waals surface area contributed by atoms with E-state index in [2.05, 4.69) is 56.5 Å². The van der Waals surface area contributed by atoms with Gasteiger partial charge in [-0.3, -0.25) is 4.90 Å². The molecule has 2 heterocycles. The topological polar surface area (TPSA) is 140 Å². The van der Waals surface area contributed by atoms with Crippen LogP contribution in [0.2, 0.25) is 5.02 Å². The predicted molar refractivity (Wildman–Crippen MR) is 181 cm³/mol. The summed E-state index contributed by atoms with van der Waals surface area (Å²) < 4.78 is 5.70. The molecule has 46 heavy (non-hydrogen) atoms. The molecule has 11 heteroatoms. The number of benzene rings is 3. The number of nitrogens with one attached hydrogen (secondary N) is 2. The number of halogens is 1. The van der Waals surface area contributed by atoms with E-state index in [1.165, 1.54) is 11.6 Å². The first-order valence-electron chi connectivity index (χ1n) is 15.0. The van der Waals surface area contributed by atoms with Crippen LogP contribution in [0, 0.1) is 12.8 Å². The van der Waals surface area contributed by atoms with Crippen molar-refractivity contribution in [1.82, 2.24) is 15.2 Å². The summed E-state index contributed by atoms with van der Waals surface area (Å²) in [7, 11) is 0. The zero-order valence-electron chi connectivity index (χ0n) is 25.6. The number of hydrogen-bond donors (Lipinski definition) is 5. The molecule has 240 valence electrons. The number of carboxylic acids is 1. The van der Waals surface area contributed by atoms with Gasteiger partial charge in [0.25, 0.3) is 0 Å². The number of pyridine rings is 1. The maximum atomic E-state index is 11.4. The van der Waals surface area contributed by atoms with E-state index in [1.807, 2.05) is 24.3 Å². The number of anilines is 1. The van der Waals surface area contributed by atoms with Crippen molar-refractivity contribution >= 4 is 35.8 Å². The van der Waals surface area contributed by atoms with Crippen LogP contribution in [0.5, 0.6) is 5.75 Å². The van der Waals surface area contributed by atoms with Gasteiger partial charge in [-0.2, -0.15) is 0 Å². The molecule has 5 rings (SSSR count). The average molecular weight is 644 g/mol. The van der Waals surface area contributed by atoms with Crippen molar-refractivity contribution in [2.24, 2.45) is 10.9 Å². The number of aliphatic hydroxyl groups is 2. The van der Waals surface area contributed by atoms with Crippen LogP contribution in [-0.2, 0) is 6.54 Å². The lowest BCUT2D eigenvalue weighted by atomic mass is 9.97. The fraction of sp³-hybridized carbons (Fsp3) is 0.286. The van der Waals surface area contributed by atoms with Crippen molar-refractivity contribution < 1.29 is 24.9 Å². The predicted octanol–water partition coefficient (Wildman–Crippen LogP) is 5.23. The summed E-state index contributed by atoms with van der Waals surface area (Å²) in [4.78, 5) is 22.5. The Bertz CT molecular complexity index is 1660. The molecule has 0 atom stereocenters. The number of aliphatic imine (C=N–C) groups is 1. The van der Waals surface area contributed by atoms with Gasteiger partial charge >= 0.3 is 5.97 Å². The van der Waals surface area contributed by atoms with Gasteiger partial charge in [-0.05, 0) is 60.0 Å². The molecule has 10 nitrogen and oxygen atoms in total. The highest BCUT2D eigenvalue weighted by atomic mass is 35.5. The summed E-state index contributed by atoms with van der Waals surface area (Å²) in [6.07, 6.45) is 0. The van der Waals surface area contributed by atoms with Crippen LogP contribution in [0.15, 0.2) is 77.8 Å². The van der Waals surface area contributed by atoms with Crippen molar-refractivity contribution in [2.75, 3.05) is 44.9 Å². The minimum atomic E-state index is -1.01. The molecular formula is C35H38ClN5O5. The largest absolute Gasteiger partial charge is 0.478 e. The van der Waals surface area contributed by atoms with Crippen LogP contribution in [0.1, 0.15) is 21.5 Å². The molecule has 1 aliphatic heterocycles. The third-order valence-electron chi connectivity index (χ3n) is 8.07. The Kier molecular flexibility index (Phi) is 11.0. The Labute approximate surface area is 273 Å². The molecule has 1 saturated heterocycles. The minimum absolute atomic E-state index is 0.0444. The number of hydrogen-bond acceptors (Lipinski definition) is 9. The molecule has 1 fully saturated rings. The molecule has 5 N–H and O–H groups in total. The Morgan fingerprint density at radius 1 is 1.04 bits per heavy atom. The van der Waals surface area contributed by atoms with Gasteiger partial charge in [0.1, 0.15) is 5.75 Å². The molecule has 1 aliphatic rings. The van der Waals surface area contributed by atoms with Crippen LogP contribution in [0.25, 0.3) is 22.4 Å². The van der Waals surface area contributed by atoms with E-state index in [1.54, 1.807) is 25.1 Å². The smallest absolute Gasteiger partial charge is 0.336 e. The van der Waals surface area contributed by atoms with E-state index >= 15 is 0 Å². The molecule has 1 aromatic heterocycles. The van der Waals surface area contributed by atoms with E-state index in [-0.39, 0.29) is 31.5 Å². The zero-order chi connectivity index (χ0) is 32.6. The van der Waals surface area contributed by atoms with Gasteiger partial charge in [-0.1, -0.05) is 66.2 Å². The number of aryl methyl sites for hydroxylation is 1. The van der Waals surface area contributed by atoms with Crippen molar-refractivity contribution in [3.05, 3.63) is 94.5 Å². The second kappa shape index (κ2) is 15.3. The molecule has 0 spiro atoms. The first-order chi connectivity index (χ1) is 22.3. The van der Waals surface area contributed by atoms with Crippen LogP contribution in [0.4, 0.5) is 11.5 Å². The van der Waals surface area contributed by atoms with Crippen molar-refractivity contribution in [2.45, 2.75) is 19.5 Å². The van der Waals surface area contributed by atoms with E-state index in [0.29, 0.717) is 39.5 Å². The summed E-state index contributed by atoms with van der Waals surface area (Å²) in [5, 5.41) is 34.5. The van der Waals surface area contributed by atoms with Crippen molar-refractivity contribution in [3.63, 3.8) is 0 Å². The van der Waals surface area contributed by atoms with Crippen LogP contribution in [-0.4, -0.2) is 83.5 Å². The Balaban J connectivity index is 1.17. The summed E-state index contributed by atoms with van der Waals surface area (Å²) in [6.45, 7) is 8.98. The van der Waals surface area contributed by atoms with Gasteiger partial charge in [0.05, 0.1) is 41.2 Å². The van der Waals surface area contributed by atoms with Crippen molar-refractivity contribution in [1.29, 1.82) is 0 Å². The van der Waals surface area contributed by atoms with Gasteiger partial charge in [-0.25, -0.2) is 14.8 Å². The number of rotatable bonds is 15. The fourth-order valence-electron chi connectivity index (χ4n) is 5.39. The average Bonchev–Trinajstić information content (AvgIpc) is 3.05. The fourth-order valence-corrected chi connectivity index (χ4v) is 5.65. The molecule has 0 saturated carbocycles. The van der Waals surface area contributed by atoms with Gasteiger partial charge in [0.2, 0.25) is 0 Å². The highest BCUT2D eigenvalue weighted by molar-refractivity contribution is 6.33. The standard InChI is InChI=1S/C35H38ClN5O5/c1-22-3-12-29(13-30(22)35(44)45)46-21-39-32-14-31(36)33(40-34(32)37-2)27-10-8-26(9-11-27)25-6-4-23(5-7-25)16-41-17-24(18-41)15-38-28(19-42)20-43/h3-14,24,28,38-39,42-43H,2,15-21H2,1H3,(H,44,45). The molecular weight excluding hydrogens is 606 g/mol. The maximum absolute atomic E-state index is 11.4. The van der Waals surface area contributed by atoms with Gasteiger partial charge in [0.15, 0.2) is 12.5 Å². The summed E-state index contributed by atoms with van der Waals surface area (Å²) in [5.41, 5.74) is 6.22. The number of likely N-dealkylation sites (tertiary alicyclic amines) is 1. The molecule has 4 aromatic rings. The minimum Gasteiger partial charge on any atom is -0.478 e. The molecule has 3 aromatic carbocycles. The van der Waals surface area contributed by atoms with Crippen LogP contribution in [0.3, 0.4) is 0 Å². The Morgan fingerprint density at radius 3 is 2.33 bits per heavy atom. The third kappa shape index (κ3) is 8.09. The summed E-state index contributed by atoms with van der Waals surface area (Å²) in [6, 6.07) is 23.0. The number of nitrogens with zero attached hydrogens (tertiary/aromatic N) is 3. The quantitative estimate of drug-likeness (QED) is 0.0870. The third-order valence-corrected chi connectivity index (χ3v) is 8.36. The molecule has 0 radical (unpaired) electrons. The van der Waals surface area contributed by atoms with Crippen LogP contribution < -0.4 is 15.4 Å². The van der Waals surface area contributed by atoms with Gasteiger partial charge < -0.3 is 30.7 Å². The van der Waals surface area contributed by atoms with E-state index in [0.717, 1.165) is 42.9 Å². The Hall–Kier alpha value is -4.32. The van der Waals surface area contributed by atoms with E-state index in [9.17, 15) is 20.1 Å². The lowest BCUT2D eigenvalue weighted by Crippen LogP contribution is -2.52. The zero-order valence-corrected chi connectivity index (χ0v) is 26.4. The Morgan fingerprint density at radius 2 is 1.70 bits per heavy atom. The van der Waals surface area contributed by atoms with E-state index < -0.39 is 5.97 Å². The monoisotopic (exact) mass is 643 g/mol. The second-order valence-corrected chi connectivity index (χ2v) is 11.8. The SMILES string of the molecule is C=Nc1nc(-c2ccc(-c3ccc(CN4CC(CNC(CO)CO)C4)cc3)cc2)c(Cl)cc1NCOc1ccc(C)c(C(=O)O)c1. The molecule has 0 unspecified atom stereocenters. The van der Waals surface area contributed by atoms with Crippen molar-refractivity contribution in [3.8, 4) is 28.1 Å². The number of carbonyl (C=O) groups is 1. The molecule has 0 aliphatic carbocycles. The number of aromatic nitrogens is 1. The lowest BCUT2D eigenvalue weighted by Gasteiger charge is -2.40. The number of ether oxygens (including phenoxy) is 1. The van der Waals surface area contributed by atoms with Gasteiger partial charge in [-0.15, -0.1) is 0 Å². The second-order valence-electron chi connectivity index (χ2n) is 11.4.